The molecule has 0 fully saturated rings. The number of sulfonamides is 1. The minimum absolute atomic E-state index is 0.0474. The van der Waals surface area contributed by atoms with Crippen molar-refractivity contribution >= 4 is 21.6 Å². The highest BCUT2D eigenvalue weighted by molar-refractivity contribution is 7.89. The van der Waals surface area contributed by atoms with Crippen LogP contribution in [0.1, 0.15) is 31.5 Å². The Morgan fingerprint density at radius 2 is 2.06 bits per heavy atom. The summed E-state index contributed by atoms with van der Waals surface area (Å²) in [5.74, 6) is 0.164. The summed E-state index contributed by atoms with van der Waals surface area (Å²) in [5, 5.41) is 10.7. The van der Waals surface area contributed by atoms with Crippen molar-refractivity contribution in [1.29, 1.82) is 0 Å². The van der Waals surface area contributed by atoms with Gasteiger partial charge in [-0.15, -0.1) is 0 Å². The molecule has 0 spiro atoms. The first-order valence-electron chi connectivity index (χ1n) is 10.7. The number of hydrogen-bond acceptors (Lipinski definition) is 9. The first-order valence-corrected chi connectivity index (χ1v) is 12.6. The molecule has 0 saturated heterocycles. The first kappa shape index (κ1) is 25.0. The molecule has 182 valence electrons. The summed E-state index contributed by atoms with van der Waals surface area (Å²) in [6, 6.07) is 1.86. The summed E-state index contributed by atoms with van der Waals surface area (Å²) in [4.78, 5) is 19.0. The van der Waals surface area contributed by atoms with Crippen LogP contribution in [0, 0.1) is 5.92 Å². The number of carbonyl (C=O) groups excluding carboxylic acids is 1. The molecule has 2 aliphatic rings. The number of pyridine rings is 1. The molecule has 2 atom stereocenters. The van der Waals surface area contributed by atoms with Crippen LogP contribution in [0.15, 0.2) is 23.9 Å². The fraction of sp³-hybridized carbons (Fsp3) is 0.545. The third-order valence-corrected chi connectivity index (χ3v) is 6.06. The fourth-order valence-corrected chi connectivity index (χ4v) is 4.38. The van der Waals surface area contributed by atoms with E-state index < -0.39 is 22.0 Å². The Hall–Kier alpha value is -2.63. The second-order valence-corrected chi connectivity index (χ2v) is 10.2. The van der Waals surface area contributed by atoms with Crippen LogP contribution in [-0.4, -0.2) is 75.2 Å². The third-order valence-electron chi connectivity index (χ3n) is 5.51. The van der Waals surface area contributed by atoms with Gasteiger partial charge in [0, 0.05) is 32.4 Å². The molecule has 0 saturated carbocycles. The zero-order valence-electron chi connectivity index (χ0n) is 19.5. The molecule has 2 unspecified atom stereocenters. The number of ether oxygens (including phenoxy) is 3. The number of rotatable bonds is 9. The lowest BCUT2D eigenvalue weighted by atomic mass is 9.86. The van der Waals surface area contributed by atoms with Crippen LogP contribution < -0.4 is 14.2 Å². The van der Waals surface area contributed by atoms with E-state index >= 15 is 0 Å². The molecule has 10 nitrogen and oxygen atoms in total. The number of amides is 1. The van der Waals surface area contributed by atoms with Crippen LogP contribution in [0.3, 0.4) is 0 Å². The molecule has 2 aliphatic heterocycles. The molecule has 0 aliphatic carbocycles. The summed E-state index contributed by atoms with van der Waals surface area (Å²) in [6.07, 6.45) is 3.95. The minimum Gasteiger partial charge on any atom is -0.488 e. The number of aliphatic hydroxyl groups excluding tert-OH is 1. The Bertz CT molecular complexity index is 1070. The van der Waals surface area contributed by atoms with Crippen molar-refractivity contribution < 1.29 is 32.5 Å². The van der Waals surface area contributed by atoms with Gasteiger partial charge in [-0.05, 0) is 30.0 Å². The predicted octanol–water partition coefficient (Wildman–Crippen LogP) is 1.06. The van der Waals surface area contributed by atoms with Crippen LogP contribution >= 0.6 is 0 Å². The average Bonchev–Trinajstić information content (AvgIpc) is 2.73. The van der Waals surface area contributed by atoms with E-state index in [1.54, 1.807) is 7.11 Å². The standard InChI is InChI=1S/C22H31N3O7S/c1-13(2)16-9-14-10-19(32-8-6-7-30-3)22(31-4)23-20(14)17-11-18(26)15(12-25(16)17)21(27)24-33(5,28)29/h10-13,16,18,26H,6-9H2,1-5H3,(H,24,27). The summed E-state index contributed by atoms with van der Waals surface area (Å²) in [7, 11) is -0.630. The van der Waals surface area contributed by atoms with E-state index in [1.807, 2.05) is 15.7 Å². The van der Waals surface area contributed by atoms with E-state index in [9.17, 15) is 18.3 Å². The van der Waals surface area contributed by atoms with Gasteiger partial charge in [0.05, 0.1) is 36.9 Å². The van der Waals surface area contributed by atoms with Gasteiger partial charge in [-0.3, -0.25) is 4.79 Å². The summed E-state index contributed by atoms with van der Waals surface area (Å²) in [5.41, 5.74) is 2.13. The van der Waals surface area contributed by atoms with Crippen molar-refractivity contribution in [3.8, 4) is 11.6 Å². The largest absolute Gasteiger partial charge is 0.488 e. The summed E-state index contributed by atoms with van der Waals surface area (Å²) < 4.78 is 41.3. The highest BCUT2D eigenvalue weighted by Crippen LogP contribution is 2.41. The Morgan fingerprint density at radius 3 is 2.67 bits per heavy atom. The van der Waals surface area contributed by atoms with Gasteiger partial charge in [-0.2, -0.15) is 0 Å². The molecule has 1 aromatic rings. The van der Waals surface area contributed by atoms with Gasteiger partial charge < -0.3 is 24.2 Å². The highest BCUT2D eigenvalue weighted by atomic mass is 32.2. The normalized spacial score (nSPS) is 19.9. The number of hydrogen-bond donors (Lipinski definition) is 2. The molecule has 2 N–H and O–H groups in total. The van der Waals surface area contributed by atoms with Crippen molar-refractivity contribution in [3.63, 3.8) is 0 Å². The maximum atomic E-state index is 12.5. The summed E-state index contributed by atoms with van der Waals surface area (Å²) in [6.45, 7) is 5.15. The highest BCUT2D eigenvalue weighted by Gasteiger charge is 2.37. The van der Waals surface area contributed by atoms with Crippen LogP contribution in [0.4, 0.5) is 0 Å². The van der Waals surface area contributed by atoms with Gasteiger partial charge in [-0.25, -0.2) is 18.1 Å². The van der Waals surface area contributed by atoms with E-state index in [2.05, 4.69) is 18.8 Å². The lowest BCUT2D eigenvalue weighted by Crippen LogP contribution is -2.44. The molecule has 1 aromatic heterocycles. The Kier molecular flexibility index (Phi) is 7.65. The average molecular weight is 482 g/mol. The van der Waals surface area contributed by atoms with E-state index in [0.29, 0.717) is 42.7 Å². The molecule has 1 amide bonds. The third kappa shape index (κ3) is 5.66. The zero-order chi connectivity index (χ0) is 24.3. The maximum absolute atomic E-state index is 12.5. The smallest absolute Gasteiger partial charge is 0.265 e. The van der Waals surface area contributed by atoms with Gasteiger partial charge in [-0.1, -0.05) is 13.8 Å². The van der Waals surface area contributed by atoms with Gasteiger partial charge in [0.15, 0.2) is 5.75 Å². The van der Waals surface area contributed by atoms with Crippen molar-refractivity contribution in [3.05, 3.63) is 35.2 Å². The molecule has 3 rings (SSSR count). The molecular weight excluding hydrogens is 450 g/mol. The Morgan fingerprint density at radius 1 is 1.33 bits per heavy atom. The first-order chi connectivity index (χ1) is 15.6. The molecule has 33 heavy (non-hydrogen) atoms. The number of nitrogens with one attached hydrogen (secondary N) is 1. The quantitative estimate of drug-likeness (QED) is 0.498. The van der Waals surface area contributed by atoms with Gasteiger partial charge in [0.2, 0.25) is 10.0 Å². The number of nitrogens with zero attached hydrogens (tertiary/aromatic N) is 2. The van der Waals surface area contributed by atoms with E-state index in [-0.39, 0.29) is 17.5 Å². The summed E-state index contributed by atoms with van der Waals surface area (Å²) >= 11 is 0. The van der Waals surface area contributed by atoms with Crippen LogP contribution in [0.2, 0.25) is 0 Å². The number of carbonyl (C=O) groups is 1. The van der Waals surface area contributed by atoms with Crippen molar-refractivity contribution in [2.45, 2.75) is 38.8 Å². The van der Waals surface area contributed by atoms with Crippen LogP contribution in [0.25, 0.3) is 5.70 Å². The van der Waals surface area contributed by atoms with E-state index in [0.717, 1.165) is 18.2 Å². The monoisotopic (exact) mass is 481 g/mol. The Balaban J connectivity index is 2.00. The van der Waals surface area contributed by atoms with Crippen LogP contribution in [0.5, 0.6) is 11.6 Å². The number of fused-ring (bicyclic) bond motifs is 3. The fourth-order valence-electron chi connectivity index (χ4n) is 3.93. The predicted molar refractivity (Wildman–Crippen MR) is 122 cm³/mol. The van der Waals surface area contributed by atoms with Crippen LogP contribution in [-0.2, 0) is 26.0 Å². The van der Waals surface area contributed by atoms with Crippen molar-refractivity contribution in [2.75, 3.05) is 33.7 Å². The minimum atomic E-state index is -3.77. The van der Waals surface area contributed by atoms with Gasteiger partial charge in [0.25, 0.3) is 11.8 Å². The molecular formula is C22H31N3O7S. The zero-order valence-corrected chi connectivity index (χ0v) is 20.3. The number of aromatic nitrogens is 1. The number of methoxy groups -OCH3 is 2. The Labute approximate surface area is 194 Å². The van der Waals surface area contributed by atoms with E-state index in [4.69, 9.17) is 14.2 Å². The SMILES string of the molecule is COCCCOc1cc2c(nc1OC)C1=CC(O)C(C(=O)NS(C)(=O)=O)=CN1C(C(C)C)C2. The van der Waals surface area contributed by atoms with Gasteiger partial charge in [0.1, 0.15) is 6.10 Å². The van der Waals surface area contributed by atoms with E-state index in [1.165, 1.54) is 19.4 Å². The molecule has 11 heteroatoms. The molecule has 0 aromatic carbocycles. The maximum Gasteiger partial charge on any atom is 0.265 e. The van der Waals surface area contributed by atoms with Gasteiger partial charge >= 0.3 is 0 Å². The molecule has 3 heterocycles. The lowest BCUT2D eigenvalue weighted by Gasteiger charge is -2.42. The topological polar surface area (TPSA) is 127 Å². The molecule has 0 radical (unpaired) electrons. The lowest BCUT2D eigenvalue weighted by molar-refractivity contribution is -0.116. The van der Waals surface area contributed by atoms with Crippen molar-refractivity contribution in [2.24, 2.45) is 5.92 Å². The second kappa shape index (κ2) is 10.1. The van der Waals surface area contributed by atoms with Crippen molar-refractivity contribution in [1.82, 2.24) is 14.6 Å². The number of aliphatic hydroxyl groups is 1. The second-order valence-electron chi connectivity index (χ2n) is 8.41. The molecule has 0 bridgehead atoms.